The highest BCUT2D eigenvalue weighted by Crippen LogP contribution is 2.31. The van der Waals surface area contributed by atoms with Crippen molar-refractivity contribution in [2.24, 2.45) is 0 Å². The molecule has 164 valence electrons. The number of hydrogen-bond acceptors (Lipinski definition) is 5. The molecule has 0 aliphatic rings. The zero-order valence-electron chi connectivity index (χ0n) is 18.5. The molecule has 5 nitrogen and oxygen atoms in total. The number of thioether (sulfide) groups is 1. The number of H-pyrrole nitrogens is 1. The summed E-state index contributed by atoms with van der Waals surface area (Å²) in [4.78, 5) is 26.9. The first-order chi connectivity index (χ1) is 15.5. The van der Waals surface area contributed by atoms with E-state index in [-0.39, 0.29) is 5.91 Å². The third-order valence-electron chi connectivity index (χ3n) is 5.18. The number of rotatable bonds is 8. The molecule has 32 heavy (non-hydrogen) atoms. The average molecular weight is 463 g/mol. The SMILES string of the molecule is CCc1ccc(N(C(C)=O)c2nc(CSc3nc(Cc4ccccc4)c(C)[nH]3)cs2)cc1. The number of hydrogen-bond donors (Lipinski definition) is 1. The average Bonchev–Trinajstić information content (AvgIpc) is 3.40. The third kappa shape index (κ3) is 5.29. The van der Waals surface area contributed by atoms with Crippen LogP contribution in [0.3, 0.4) is 0 Å². The van der Waals surface area contributed by atoms with Crippen LogP contribution in [0.4, 0.5) is 10.8 Å². The van der Waals surface area contributed by atoms with Crippen LogP contribution >= 0.6 is 23.1 Å². The van der Waals surface area contributed by atoms with Gasteiger partial charge in [-0.3, -0.25) is 9.69 Å². The van der Waals surface area contributed by atoms with Gasteiger partial charge < -0.3 is 4.98 Å². The number of nitrogens with one attached hydrogen (secondary N) is 1. The highest BCUT2D eigenvalue weighted by atomic mass is 32.2. The summed E-state index contributed by atoms with van der Waals surface area (Å²) in [5.74, 6) is 0.643. The van der Waals surface area contributed by atoms with Crippen LogP contribution < -0.4 is 4.90 Å². The summed E-state index contributed by atoms with van der Waals surface area (Å²) in [5, 5.41) is 3.60. The van der Waals surface area contributed by atoms with E-state index in [0.29, 0.717) is 10.9 Å². The highest BCUT2D eigenvalue weighted by Gasteiger charge is 2.18. The Labute approximate surface area is 196 Å². The smallest absolute Gasteiger partial charge is 0.230 e. The van der Waals surface area contributed by atoms with E-state index in [1.54, 1.807) is 23.6 Å². The fourth-order valence-electron chi connectivity index (χ4n) is 3.41. The molecule has 0 atom stereocenters. The molecule has 2 aromatic heterocycles. The maximum Gasteiger partial charge on any atom is 0.230 e. The molecule has 7 heteroatoms. The molecule has 2 heterocycles. The normalized spacial score (nSPS) is 11.0. The van der Waals surface area contributed by atoms with Crippen LogP contribution in [0.1, 0.15) is 42.1 Å². The molecule has 0 unspecified atom stereocenters. The van der Waals surface area contributed by atoms with Crippen molar-refractivity contribution in [2.45, 2.75) is 44.5 Å². The predicted octanol–water partition coefficient (Wildman–Crippen LogP) is 6.30. The lowest BCUT2D eigenvalue weighted by atomic mass is 10.1. The Kier molecular flexibility index (Phi) is 7.07. The fraction of sp³-hybridized carbons (Fsp3) is 0.240. The molecule has 1 amide bonds. The summed E-state index contributed by atoms with van der Waals surface area (Å²) in [7, 11) is 0. The zero-order chi connectivity index (χ0) is 22.5. The molecule has 1 N–H and O–H groups in total. The van der Waals surface area contributed by atoms with Crippen LogP contribution in [0, 0.1) is 6.92 Å². The second kappa shape index (κ2) is 10.1. The Morgan fingerprint density at radius 1 is 1.06 bits per heavy atom. The van der Waals surface area contributed by atoms with Crippen molar-refractivity contribution < 1.29 is 4.79 Å². The summed E-state index contributed by atoms with van der Waals surface area (Å²) in [5.41, 5.74) is 6.43. The minimum atomic E-state index is -0.0463. The third-order valence-corrected chi connectivity index (χ3v) is 6.97. The Balaban J connectivity index is 1.43. The molecule has 0 aliphatic carbocycles. The number of carbonyl (C=O) groups excluding carboxylic acids is 1. The monoisotopic (exact) mass is 462 g/mol. The molecule has 2 aromatic carbocycles. The van der Waals surface area contributed by atoms with E-state index in [1.165, 1.54) is 22.5 Å². The summed E-state index contributed by atoms with van der Waals surface area (Å²) in [6, 6.07) is 18.4. The Morgan fingerprint density at radius 3 is 2.50 bits per heavy atom. The van der Waals surface area contributed by atoms with Gasteiger partial charge in [0.25, 0.3) is 0 Å². The first-order valence-electron chi connectivity index (χ1n) is 10.6. The van der Waals surface area contributed by atoms with Crippen LogP contribution in [0.25, 0.3) is 0 Å². The number of imidazole rings is 1. The van der Waals surface area contributed by atoms with Crippen molar-refractivity contribution in [3.63, 3.8) is 0 Å². The second-order valence-corrected chi connectivity index (χ2v) is 9.36. The van der Waals surface area contributed by atoms with E-state index in [0.717, 1.165) is 40.8 Å². The lowest BCUT2D eigenvalue weighted by Gasteiger charge is -2.18. The molecule has 4 aromatic rings. The summed E-state index contributed by atoms with van der Waals surface area (Å²) in [6.45, 7) is 5.75. The molecular weight excluding hydrogens is 436 g/mol. The minimum absolute atomic E-state index is 0.0463. The van der Waals surface area contributed by atoms with Gasteiger partial charge in [0.05, 0.1) is 17.1 Å². The molecule has 0 saturated carbocycles. The number of aromatic amines is 1. The lowest BCUT2D eigenvalue weighted by Crippen LogP contribution is -2.22. The first kappa shape index (κ1) is 22.3. The van der Waals surface area contributed by atoms with E-state index in [9.17, 15) is 4.79 Å². The number of carbonyl (C=O) groups is 1. The standard InChI is InChI=1S/C25H26N4OS2/c1-4-19-10-12-22(13-11-19)29(18(3)30)25-27-21(16-32-25)15-31-24-26-17(2)23(28-24)14-20-8-6-5-7-9-20/h5-13,16H,4,14-15H2,1-3H3,(H,26,28). The predicted molar refractivity (Wildman–Crippen MR) is 133 cm³/mol. The zero-order valence-corrected chi connectivity index (χ0v) is 20.1. The number of benzene rings is 2. The quantitative estimate of drug-likeness (QED) is 0.312. The van der Waals surface area contributed by atoms with Crippen molar-refractivity contribution in [1.82, 2.24) is 15.0 Å². The van der Waals surface area contributed by atoms with Crippen LogP contribution in [-0.2, 0) is 23.4 Å². The Bertz CT molecular complexity index is 1180. The van der Waals surface area contributed by atoms with Crippen molar-refractivity contribution in [1.29, 1.82) is 0 Å². The minimum Gasteiger partial charge on any atom is -0.337 e. The number of thiazole rings is 1. The summed E-state index contributed by atoms with van der Waals surface area (Å²) >= 11 is 3.11. The van der Waals surface area contributed by atoms with E-state index in [1.807, 2.05) is 23.6 Å². The van der Waals surface area contributed by atoms with Crippen molar-refractivity contribution in [3.05, 3.63) is 88.2 Å². The van der Waals surface area contributed by atoms with E-state index in [4.69, 9.17) is 9.97 Å². The van der Waals surface area contributed by atoms with Gasteiger partial charge in [-0.2, -0.15) is 0 Å². The van der Waals surface area contributed by atoms with Crippen LogP contribution in [0.5, 0.6) is 0 Å². The van der Waals surface area contributed by atoms with Gasteiger partial charge in [-0.15, -0.1) is 11.3 Å². The van der Waals surface area contributed by atoms with Crippen LogP contribution in [-0.4, -0.2) is 20.9 Å². The van der Waals surface area contributed by atoms with Gasteiger partial charge in [0.15, 0.2) is 10.3 Å². The Hall–Kier alpha value is -2.90. The van der Waals surface area contributed by atoms with Gasteiger partial charge in [-0.25, -0.2) is 9.97 Å². The second-order valence-electron chi connectivity index (χ2n) is 7.56. The summed E-state index contributed by atoms with van der Waals surface area (Å²) < 4.78 is 0. The van der Waals surface area contributed by atoms with Gasteiger partial charge in [0.1, 0.15) is 0 Å². The molecular formula is C25H26N4OS2. The largest absolute Gasteiger partial charge is 0.337 e. The van der Waals surface area contributed by atoms with E-state index < -0.39 is 0 Å². The van der Waals surface area contributed by atoms with Crippen LogP contribution in [0.15, 0.2) is 65.1 Å². The van der Waals surface area contributed by atoms with Gasteiger partial charge >= 0.3 is 0 Å². The molecule has 0 radical (unpaired) electrons. The molecule has 0 fully saturated rings. The first-order valence-corrected chi connectivity index (χ1v) is 12.5. The van der Waals surface area contributed by atoms with Gasteiger partial charge in [-0.1, -0.05) is 61.2 Å². The molecule has 0 spiro atoms. The number of amides is 1. The van der Waals surface area contributed by atoms with E-state index in [2.05, 4.69) is 55.2 Å². The van der Waals surface area contributed by atoms with Gasteiger partial charge in [0.2, 0.25) is 5.91 Å². The maximum atomic E-state index is 12.4. The van der Waals surface area contributed by atoms with Crippen molar-refractivity contribution in [2.75, 3.05) is 4.90 Å². The molecule has 0 saturated heterocycles. The number of anilines is 2. The molecule has 0 aliphatic heterocycles. The summed E-state index contributed by atoms with van der Waals surface area (Å²) in [6.07, 6.45) is 1.78. The van der Waals surface area contributed by atoms with Crippen LogP contribution in [0.2, 0.25) is 0 Å². The highest BCUT2D eigenvalue weighted by molar-refractivity contribution is 7.98. The topological polar surface area (TPSA) is 61.9 Å². The number of aromatic nitrogens is 3. The fourth-order valence-corrected chi connectivity index (χ4v) is 5.24. The number of aryl methyl sites for hydroxylation is 2. The Morgan fingerprint density at radius 2 is 1.81 bits per heavy atom. The molecule has 0 bridgehead atoms. The van der Waals surface area contributed by atoms with Gasteiger partial charge in [-0.05, 0) is 36.6 Å². The number of nitrogens with zero attached hydrogens (tertiary/aromatic N) is 3. The van der Waals surface area contributed by atoms with E-state index >= 15 is 0 Å². The molecule has 4 rings (SSSR count). The van der Waals surface area contributed by atoms with Gasteiger partial charge in [0, 0.05) is 30.2 Å². The maximum absolute atomic E-state index is 12.4. The van der Waals surface area contributed by atoms with Crippen molar-refractivity contribution in [3.8, 4) is 0 Å². The van der Waals surface area contributed by atoms with Crippen molar-refractivity contribution >= 4 is 39.8 Å². The lowest BCUT2D eigenvalue weighted by molar-refractivity contribution is -0.115.